The maximum absolute atomic E-state index is 11.9. The molecule has 1 N–H and O–H groups in total. The lowest BCUT2D eigenvalue weighted by Crippen LogP contribution is -2.36. The summed E-state index contributed by atoms with van der Waals surface area (Å²) in [6.45, 7) is 1.99. The molecule has 0 aromatic carbocycles. The molecule has 6 heteroatoms. The van der Waals surface area contributed by atoms with Gasteiger partial charge in [-0.2, -0.15) is 0 Å². The summed E-state index contributed by atoms with van der Waals surface area (Å²) in [5.74, 6) is -0.487. The number of rotatable bonds is 5. The van der Waals surface area contributed by atoms with Crippen LogP contribution in [0.5, 0.6) is 0 Å². The molecule has 0 aliphatic carbocycles. The van der Waals surface area contributed by atoms with Crippen molar-refractivity contribution in [2.45, 2.75) is 19.8 Å². The lowest BCUT2D eigenvalue weighted by molar-refractivity contribution is -0.127. The van der Waals surface area contributed by atoms with E-state index in [1.807, 2.05) is 6.92 Å². The highest BCUT2D eigenvalue weighted by Gasteiger charge is 2.11. The van der Waals surface area contributed by atoms with Crippen molar-refractivity contribution in [3.8, 4) is 0 Å². The van der Waals surface area contributed by atoms with E-state index in [4.69, 9.17) is 11.6 Å². The van der Waals surface area contributed by atoms with E-state index in [0.717, 1.165) is 18.5 Å². The van der Waals surface area contributed by atoms with E-state index < -0.39 is 0 Å². The molecule has 1 aromatic rings. The first-order valence-electron chi connectivity index (χ1n) is 6.08. The summed E-state index contributed by atoms with van der Waals surface area (Å²) >= 11 is 5.88. The van der Waals surface area contributed by atoms with Crippen LogP contribution in [0.15, 0.2) is 12.1 Å². The van der Waals surface area contributed by atoms with Crippen LogP contribution in [-0.4, -0.2) is 42.3 Å². The Kier molecular flexibility index (Phi) is 5.76. The van der Waals surface area contributed by atoms with E-state index in [0.29, 0.717) is 5.56 Å². The van der Waals surface area contributed by atoms with Crippen LogP contribution in [0.3, 0.4) is 0 Å². The summed E-state index contributed by atoms with van der Waals surface area (Å²) in [6.07, 6.45) is 1.69. The first-order chi connectivity index (χ1) is 8.93. The highest BCUT2D eigenvalue weighted by molar-refractivity contribution is 6.29. The summed E-state index contributed by atoms with van der Waals surface area (Å²) in [6, 6.07) is 3.20. The Morgan fingerprint density at radius 1 is 1.37 bits per heavy atom. The largest absolute Gasteiger partial charge is 0.347 e. The fourth-order valence-electron chi connectivity index (χ4n) is 1.48. The first-order valence-corrected chi connectivity index (χ1v) is 6.46. The molecule has 1 rings (SSSR count). The van der Waals surface area contributed by atoms with Gasteiger partial charge in [0.2, 0.25) is 5.91 Å². The minimum Gasteiger partial charge on any atom is -0.347 e. The maximum atomic E-state index is 11.9. The fourth-order valence-corrected chi connectivity index (χ4v) is 1.71. The van der Waals surface area contributed by atoms with E-state index in [1.54, 1.807) is 20.2 Å². The molecular formula is C13H18ClN3O2. The Balaban J connectivity index is 2.73. The minimum absolute atomic E-state index is 0.0329. The Morgan fingerprint density at radius 3 is 2.63 bits per heavy atom. The second-order valence-corrected chi connectivity index (χ2v) is 4.78. The number of hydrogen-bond donors (Lipinski definition) is 1. The predicted octanol–water partition coefficient (Wildman–Crippen LogP) is 1.51. The summed E-state index contributed by atoms with van der Waals surface area (Å²) < 4.78 is 0. The van der Waals surface area contributed by atoms with Crippen LogP contribution in [0.4, 0.5) is 0 Å². The fraction of sp³-hybridized carbons (Fsp3) is 0.462. The smallest absolute Gasteiger partial charge is 0.251 e. The van der Waals surface area contributed by atoms with E-state index in [1.165, 1.54) is 11.0 Å². The van der Waals surface area contributed by atoms with Gasteiger partial charge in [0.15, 0.2) is 0 Å². The molecule has 19 heavy (non-hydrogen) atoms. The number of aromatic nitrogens is 1. The third-order valence-electron chi connectivity index (χ3n) is 2.51. The Labute approximate surface area is 118 Å². The molecule has 0 aliphatic rings. The highest BCUT2D eigenvalue weighted by atomic mass is 35.5. The normalized spacial score (nSPS) is 10.1. The average molecular weight is 284 g/mol. The quantitative estimate of drug-likeness (QED) is 0.833. The number of hydrogen-bond acceptors (Lipinski definition) is 3. The van der Waals surface area contributed by atoms with Crippen LogP contribution in [0.25, 0.3) is 0 Å². The van der Waals surface area contributed by atoms with Gasteiger partial charge in [0.25, 0.3) is 5.91 Å². The van der Waals surface area contributed by atoms with Gasteiger partial charge in [-0.15, -0.1) is 0 Å². The molecule has 0 unspecified atom stereocenters. The maximum Gasteiger partial charge on any atom is 0.251 e. The zero-order valence-electron chi connectivity index (χ0n) is 11.4. The van der Waals surface area contributed by atoms with Gasteiger partial charge in [-0.1, -0.05) is 24.9 Å². The van der Waals surface area contributed by atoms with Crippen molar-refractivity contribution >= 4 is 23.4 Å². The van der Waals surface area contributed by atoms with E-state index in [9.17, 15) is 9.59 Å². The molecule has 0 aliphatic heterocycles. The van der Waals surface area contributed by atoms with E-state index in [-0.39, 0.29) is 23.5 Å². The molecule has 0 spiro atoms. The molecule has 1 aromatic heterocycles. The molecule has 2 amide bonds. The van der Waals surface area contributed by atoms with Crippen LogP contribution >= 0.6 is 11.6 Å². The minimum atomic E-state index is -0.322. The van der Waals surface area contributed by atoms with Crippen LogP contribution < -0.4 is 5.32 Å². The summed E-state index contributed by atoms with van der Waals surface area (Å²) in [4.78, 5) is 28.9. The number of carbonyl (C=O) groups excluding carboxylic acids is 2. The Hall–Kier alpha value is -1.62. The number of carbonyl (C=O) groups is 2. The van der Waals surface area contributed by atoms with Gasteiger partial charge in [-0.3, -0.25) is 9.59 Å². The van der Waals surface area contributed by atoms with Crippen LogP contribution in [0.1, 0.15) is 29.4 Å². The van der Waals surface area contributed by atoms with Crippen molar-refractivity contribution in [3.63, 3.8) is 0 Å². The van der Waals surface area contributed by atoms with Gasteiger partial charge in [0.1, 0.15) is 5.15 Å². The first kappa shape index (κ1) is 15.4. The molecule has 104 valence electrons. The summed E-state index contributed by atoms with van der Waals surface area (Å²) in [5.41, 5.74) is 1.20. The standard InChI is InChI=1S/C13H18ClN3O2/c1-4-5-10-6-9(7-11(14)16-10)13(19)15-8-12(18)17(2)3/h6-7H,4-5,8H2,1-3H3,(H,15,19). The number of aryl methyl sites for hydroxylation is 1. The number of halogens is 1. The number of likely N-dealkylation sites (N-methyl/N-ethyl adjacent to an activating group) is 1. The van der Waals surface area contributed by atoms with Crippen molar-refractivity contribution in [2.75, 3.05) is 20.6 Å². The summed E-state index contributed by atoms with van der Waals surface area (Å²) in [7, 11) is 3.27. The van der Waals surface area contributed by atoms with Crippen molar-refractivity contribution in [2.24, 2.45) is 0 Å². The predicted molar refractivity (Wildman–Crippen MR) is 74.3 cm³/mol. The zero-order valence-corrected chi connectivity index (χ0v) is 12.1. The molecule has 1 heterocycles. The van der Waals surface area contributed by atoms with E-state index >= 15 is 0 Å². The lowest BCUT2D eigenvalue weighted by Gasteiger charge is -2.11. The Bertz CT molecular complexity index is 475. The Morgan fingerprint density at radius 2 is 2.05 bits per heavy atom. The molecule has 0 saturated carbocycles. The SMILES string of the molecule is CCCc1cc(C(=O)NCC(=O)N(C)C)cc(Cl)n1. The number of nitrogens with one attached hydrogen (secondary N) is 1. The van der Waals surface area contributed by atoms with Gasteiger partial charge in [0.05, 0.1) is 6.54 Å². The highest BCUT2D eigenvalue weighted by Crippen LogP contribution is 2.12. The topological polar surface area (TPSA) is 62.3 Å². The van der Waals surface area contributed by atoms with Crippen molar-refractivity contribution in [1.29, 1.82) is 0 Å². The third-order valence-corrected chi connectivity index (χ3v) is 2.71. The van der Waals surface area contributed by atoms with Gasteiger partial charge < -0.3 is 10.2 Å². The van der Waals surface area contributed by atoms with Crippen molar-refractivity contribution in [1.82, 2.24) is 15.2 Å². The second kappa shape index (κ2) is 7.09. The average Bonchev–Trinajstić information content (AvgIpc) is 2.35. The number of pyridine rings is 1. The molecule has 0 fully saturated rings. The third kappa shape index (κ3) is 4.87. The zero-order chi connectivity index (χ0) is 14.4. The molecular weight excluding hydrogens is 266 g/mol. The molecule has 0 radical (unpaired) electrons. The molecule has 0 bridgehead atoms. The van der Waals surface area contributed by atoms with Gasteiger partial charge in [0, 0.05) is 25.4 Å². The van der Waals surface area contributed by atoms with Gasteiger partial charge in [-0.25, -0.2) is 4.98 Å². The van der Waals surface area contributed by atoms with Crippen LogP contribution in [0, 0.1) is 0 Å². The van der Waals surface area contributed by atoms with E-state index in [2.05, 4.69) is 10.3 Å². The van der Waals surface area contributed by atoms with Gasteiger partial charge >= 0.3 is 0 Å². The number of nitrogens with zero attached hydrogens (tertiary/aromatic N) is 2. The van der Waals surface area contributed by atoms with Crippen LogP contribution in [-0.2, 0) is 11.2 Å². The van der Waals surface area contributed by atoms with Gasteiger partial charge in [-0.05, 0) is 18.6 Å². The molecule has 5 nitrogen and oxygen atoms in total. The number of amides is 2. The molecule has 0 atom stereocenters. The summed E-state index contributed by atoms with van der Waals surface area (Å²) in [5, 5.41) is 2.85. The second-order valence-electron chi connectivity index (χ2n) is 4.39. The van der Waals surface area contributed by atoms with Crippen LogP contribution in [0.2, 0.25) is 5.15 Å². The monoisotopic (exact) mass is 283 g/mol. The van der Waals surface area contributed by atoms with Crippen molar-refractivity contribution in [3.05, 3.63) is 28.5 Å². The molecule has 0 saturated heterocycles. The van der Waals surface area contributed by atoms with Crippen molar-refractivity contribution < 1.29 is 9.59 Å². The lowest BCUT2D eigenvalue weighted by atomic mass is 10.1.